The Bertz CT molecular complexity index is 563. The molecule has 2 rings (SSSR count). The van der Waals surface area contributed by atoms with Crippen molar-refractivity contribution in [3.8, 4) is 0 Å². The van der Waals surface area contributed by atoms with Crippen molar-refractivity contribution < 1.29 is 4.79 Å². The summed E-state index contributed by atoms with van der Waals surface area (Å²) in [6.45, 7) is 3.84. The third kappa shape index (κ3) is 1.74. The lowest BCUT2D eigenvalue weighted by molar-refractivity contribution is 0.0963. The van der Waals surface area contributed by atoms with Gasteiger partial charge < -0.3 is 5.32 Å². The van der Waals surface area contributed by atoms with E-state index in [0.29, 0.717) is 5.56 Å². The van der Waals surface area contributed by atoms with Gasteiger partial charge in [0, 0.05) is 12.6 Å². The van der Waals surface area contributed by atoms with Gasteiger partial charge in [-0.25, -0.2) is 9.97 Å². The molecule has 0 fully saturated rings. The molecule has 0 aliphatic carbocycles. The minimum Gasteiger partial charge on any atom is -0.355 e. The zero-order valence-corrected chi connectivity index (χ0v) is 9.53. The standard InChI is InChI=1S/C12H13N3O/c1-7-8(2)15-11-6-9(12(16)13-3)4-5-10(11)14-7/h4-6H,1-3H3,(H,13,16). The first kappa shape index (κ1) is 10.5. The van der Waals surface area contributed by atoms with Crippen molar-refractivity contribution in [1.82, 2.24) is 15.3 Å². The number of hydrogen-bond donors (Lipinski definition) is 1. The maximum Gasteiger partial charge on any atom is 0.251 e. The number of hydrogen-bond acceptors (Lipinski definition) is 3. The Balaban J connectivity index is 2.62. The number of rotatable bonds is 1. The Morgan fingerprint density at radius 3 is 2.38 bits per heavy atom. The summed E-state index contributed by atoms with van der Waals surface area (Å²) in [5.41, 5.74) is 3.98. The third-order valence-corrected chi connectivity index (χ3v) is 2.56. The molecule has 4 heteroatoms. The first-order valence-electron chi connectivity index (χ1n) is 5.09. The fourth-order valence-corrected chi connectivity index (χ4v) is 1.52. The lowest BCUT2D eigenvalue weighted by Crippen LogP contribution is -2.17. The molecular weight excluding hydrogens is 202 g/mol. The molecule has 0 atom stereocenters. The summed E-state index contributed by atoms with van der Waals surface area (Å²) in [5, 5.41) is 2.58. The van der Waals surface area contributed by atoms with Gasteiger partial charge in [0.15, 0.2) is 0 Å². The van der Waals surface area contributed by atoms with Crippen LogP contribution in [0.2, 0.25) is 0 Å². The van der Waals surface area contributed by atoms with Crippen LogP contribution in [0, 0.1) is 13.8 Å². The van der Waals surface area contributed by atoms with Crippen molar-refractivity contribution in [2.24, 2.45) is 0 Å². The number of benzene rings is 1. The Labute approximate surface area is 93.7 Å². The Hall–Kier alpha value is -1.97. The van der Waals surface area contributed by atoms with Crippen molar-refractivity contribution in [2.75, 3.05) is 7.05 Å². The fraction of sp³-hybridized carbons (Fsp3) is 0.250. The van der Waals surface area contributed by atoms with Gasteiger partial charge in [-0.2, -0.15) is 0 Å². The molecular formula is C12H13N3O. The van der Waals surface area contributed by atoms with Crippen molar-refractivity contribution in [3.63, 3.8) is 0 Å². The maximum absolute atomic E-state index is 11.4. The molecule has 0 bridgehead atoms. The second kappa shape index (κ2) is 3.89. The van der Waals surface area contributed by atoms with Crippen molar-refractivity contribution in [1.29, 1.82) is 0 Å². The molecule has 1 amide bonds. The zero-order valence-electron chi connectivity index (χ0n) is 9.53. The highest BCUT2D eigenvalue weighted by Gasteiger charge is 2.06. The van der Waals surface area contributed by atoms with E-state index in [1.807, 2.05) is 19.9 Å². The number of carbonyl (C=O) groups excluding carboxylic acids is 1. The van der Waals surface area contributed by atoms with Gasteiger partial charge in [0.05, 0.1) is 22.4 Å². The highest BCUT2D eigenvalue weighted by atomic mass is 16.1. The molecule has 1 aromatic carbocycles. The number of carbonyl (C=O) groups is 1. The number of nitrogens with zero attached hydrogens (tertiary/aromatic N) is 2. The lowest BCUT2D eigenvalue weighted by Gasteiger charge is -2.04. The predicted octanol–water partition coefficient (Wildman–Crippen LogP) is 1.61. The summed E-state index contributed by atoms with van der Waals surface area (Å²) in [5.74, 6) is -0.109. The number of aryl methyl sites for hydroxylation is 2. The van der Waals surface area contributed by atoms with Gasteiger partial charge in [0.2, 0.25) is 0 Å². The van der Waals surface area contributed by atoms with Crippen LogP contribution in [0.25, 0.3) is 11.0 Å². The van der Waals surface area contributed by atoms with E-state index in [2.05, 4.69) is 15.3 Å². The van der Waals surface area contributed by atoms with Crippen LogP contribution in [0.5, 0.6) is 0 Å². The first-order chi connectivity index (χ1) is 7.61. The number of amides is 1. The van der Waals surface area contributed by atoms with Gasteiger partial charge in [-0.15, -0.1) is 0 Å². The molecule has 0 aliphatic rings. The quantitative estimate of drug-likeness (QED) is 0.786. The Morgan fingerprint density at radius 1 is 1.12 bits per heavy atom. The molecule has 82 valence electrons. The van der Waals surface area contributed by atoms with Crippen molar-refractivity contribution >= 4 is 16.9 Å². The van der Waals surface area contributed by atoms with E-state index >= 15 is 0 Å². The number of fused-ring (bicyclic) bond motifs is 1. The molecule has 0 aliphatic heterocycles. The molecule has 1 N–H and O–H groups in total. The maximum atomic E-state index is 11.4. The van der Waals surface area contributed by atoms with Crippen molar-refractivity contribution in [2.45, 2.75) is 13.8 Å². The van der Waals surface area contributed by atoms with Crippen LogP contribution in [-0.2, 0) is 0 Å². The summed E-state index contributed by atoms with van der Waals surface area (Å²) in [6, 6.07) is 5.33. The van der Waals surface area contributed by atoms with Gasteiger partial charge in [-0.3, -0.25) is 4.79 Å². The van der Waals surface area contributed by atoms with E-state index in [4.69, 9.17) is 0 Å². The number of aromatic nitrogens is 2. The van der Waals surface area contributed by atoms with Crippen LogP contribution in [0.3, 0.4) is 0 Å². The highest BCUT2D eigenvalue weighted by Crippen LogP contribution is 2.14. The van der Waals surface area contributed by atoms with E-state index in [0.717, 1.165) is 22.4 Å². The van der Waals surface area contributed by atoms with Gasteiger partial charge in [0.25, 0.3) is 5.91 Å². The lowest BCUT2D eigenvalue weighted by atomic mass is 10.1. The molecule has 0 saturated carbocycles. The van der Waals surface area contributed by atoms with Crippen LogP contribution in [0.15, 0.2) is 18.2 Å². The van der Waals surface area contributed by atoms with Crippen molar-refractivity contribution in [3.05, 3.63) is 35.2 Å². The van der Waals surface area contributed by atoms with Crippen LogP contribution in [-0.4, -0.2) is 22.9 Å². The first-order valence-corrected chi connectivity index (χ1v) is 5.09. The largest absolute Gasteiger partial charge is 0.355 e. The summed E-state index contributed by atoms with van der Waals surface area (Å²) < 4.78 is 0. The van der Waals surface area contributed by atoms with Gasteiger partial charge in [-0.1, -0.05) is 0 Å². The second-order valence-corrected chi connectivity index (χ2v) is 3.68. The normalized spacial score (nSPS) is 10.4. The Kier molecular flexibility index (Phi) is 2.56. The minimum absolute atomic E-state index is 0.109. The van der Waals surface area contributed by atoms with Crippen LogP contribution in [0.1, 0.15) is 21.7 Å². The highest BCUT2D eigenvalue weighted by molar-refractivity contribution is 5.97. The average molecular weight is 215 g/mol. The second-order valence-electron chi connectivity index (χ2n) is 3.68. The molecule has 1 heterocycles. The van der Waals surface area contributed by atoms with Gasteiger partial charge in [-0.05, 0) is 32.0 Å². The molecule has 16 heavy (non-hydrogen) atoms. The average Bonchev–Trinajstić information content (AvgIpc) is 2.29. The summed E-state index contributed by atoms with van der Waals surface area (Å²) >= 11 is 0. The summed E-state index contributed by atoms with van der Waals surface area (Å²) in [7, 11) is 1.61. The summed E-state index contributed by atoms with van der Waals surface area (Å²) in [4.78, 5) is 20.3. The minimum atomic E-state index is -0.109. The van der Waals surface area contributed by atoms with Crippen LogP contribution < -0.4 is 5.32 Å². The smallest absolute Gasteiger partial charge is 0.251 e. The zero-order chi connectivity index (χ0) is 11.7. The molecule has 0 unspecified atom stereocenters. The monoisotopic (exact) mass is 215 g/mol. The van der Waals surface area contributed by atoms with E-state index in [9.17, 15) is 4.79 Å². The Morgan fingerprint density at radius 2 is 1.75 bits per heavy atom. The topological polar surface area (TPSA) is 54.9 Å². The van der Waals surface area contributed by atoms with Gasteiger partial charge in [0.1, 0.15) is 0 Å². The summed E-state index contributed by atoms with van der Waals surface area (Å²) in [6.07, 6.45) is 0. The van der Waals surface area contributed by atoms with Gasteiger partial charge >= 0.3 is 0 Å². The van der Waals surface area contributed by atoms with E-state index in [1.165, 1.54) is 0 Å². The molecule has 0 spiro atoms. The van der Waals surface area contributed by atoms with E-state index in [-0.39, 0.29) is 5.91 Å². The molecule has 0 saturated heterocycles. The molecule has 1 aromatic heterocycles. The van der Waals surface area contributed by atoms with E-state index < -0.39 is 0 Å². The predicted molar refractivity (Wildman–Crippen MR) is 62.4 cm³/mol. The molecule has 2 aromatic rings. The fourth-order valence-electron chi connectivity index (χ4n) is 1.52. The molecule has 4 nitrogen and oxygen atoms in total. The van der Waals surface area contributed by atoms with Crippen LogP contribution in [0.4, 0.5) is 0 Å². The molecule has 0 radical (unpaired) electrons. The number of nitrogens with one attached hydrogen (secondary N) is 1. The van der Waals surface area contributed by atoms with E-state index in [1.54, 1.807) is 19.2 Å². The SMILES string of the molecule is CNC(=O)c1ccc2nc(C)c(C)nc2c1. The van der Waals surface area contributed by atoms with Crippen LogP contribution >= 0.6 is 0 Å². The third-order valence-electron chi connectivity index (χ3n) is 2.56.